The predicted octanol–water partition coefficient (Wildman–Crippen LogP) is 5.39. The molecule has 2 aromatic carbocycles. The van der Waals surface area contributed by atoms with Gasteiger partial charge in [-0.2, -0.15) is 0 Å². The molecule has 0 aliphatic rings. The van der Waals surface area contributed by atoms with Crippen molar-refractivity contribution >= 4 is 0 Å². The van der Waals surface area contributed by atoms with E-state index in [0.717, 1.165) is 0 Å². The number of hydrogen-bond acceptors (Lipinski definition) is 0. The van der Waals surface area contributed by atoms with E-state index < -0.39 is 0 Å². The second-order valence-corrected chi connectivity index (χ2v) is 4.39. The highest BCUT2D eigenvalue weighted by Gasteiger charge is 1.98. The Hall–Kier alpha value is -1.56. The fourth-order valence-corrected chi connectivity index (χ4v) is 1.63. The van der Waals surface area contributed by atoms with Crippen molar-refractivity contribution in [1.82, 2.24) is 0 Å². The molecular formula is C17H22. The first-order valence-corrected chi connectivity index (χ1v) is 6.31. The molecule has 0 radical (unpaired) electrons. The van der Waals surface area contributed by atoms with E-state index in [-0.39, 0.29) is 0 Å². The van der Waals surface area contributed by atoms with E-state index >= 15 is 0 Å². The van der Waals surface area contributed by atoms with Gasteiger partial charge in [-0.25, -0.2) is 0 Å². The zero-order valence-electron chi connectivity index (χ0n) is 11.3. The molecule has 0 saturated carbocycles. The minimum atomic E-state index is 1.25. The summed E-state index contributed by atoms with van der Waals surface area (Å²) in [6.07, 6.45) is 1.25. The van der Waals surface area contributed by atoms with Gasteiger partial charge in [0.25, 0.3) is 0 Å². The van der Waals surface area contributed by atoms with Crippen LogP contribution in [0.5, 0.6) is 0 Å². The molecule has 0 heterocycles. The lowest BCUT2D eigenvalue weighted by Gasteiger charge is -2.05. The first kappa shape index (κ1) is 13.5. The molecule has 0 aliphatic heterocycles. The van der Waals surface area contributed by atoms with Crippen molar-refractivity contribution in [2.75, 3.05) is 0 Å². The summed E-state index contributed by atoms with van der Waals surface area (Å²) >= 11 is 0. The first-order valence-electron chi connectivity index (χ1n) is 6.31. The molecule has 0 aliphatic carbocycles. The molecule has 0 N–H and O–H groups in total. The van der Waals surface area contributed by atoms with E-state index in [1.54, 1.807) is 0 Å². The van der Waals surface area contributed by atoms with Crippen LogP contribution in [0.25, 0.3) is 11.1 Å². The first-order chi connectivity index (χ1) is 8.19. The molecule has 0 bridgehead atoms. The fourth-order valence-electron chi connectivity index (χ4n) is 1.63. The Balaban J connectivity index is 0.000000437. The summed E-state index contributed by atoms with van der Waals surface area (Å²) in [5, 5.41) is 0. The Morgan fingerprint density at radius 2 is 1.29 bits per heavy atom. The quantitative estimate of drug-likeness (QED) is 0.612. The van der Waals surface area contributed by atoms with Crippen LogP contribution < -0.4 is 0 Å². The van der Waals surface area contributed by atoms with Gasteiger partial charge in [0.15, 0.2) is 0 Å². The van der Waals surface area contributed by atoms with Crippen LogP contribution in [0.4, 0.5) is 0 Å². The number of hydrogen-bond donors (Lipinski definition) is 0. The van der Waals surface area contributed by atoms with Crippen LogP contribution in [0.15, 0.2) is 48.5 Å². The normalized spacial score (nSPS) is 9.41. The molecule has 0 amide bonds. The molecule has 0 nitrogen and oxygen atoms in total. The second-order valence-electron chi connectivity index (χ2n) is 4.39. The molecule has 0 aromatic heterocycles. The number of rotatable bonds is 1. The van der Waals surface area contributed by atoms with E-state index in [2.05, 4.69) is 76.2 Å². The van der Waals surface area contributed by atoms with Crippen LogP contribution >= 0.6 is 0 Å². The molecule has 90 valence electrons. The standard InChI is InChI=1S/C14H14.C3H8/c1-11-7-9-13(10-8-11)14-6-4-3-5-12(14)2;1-3-2/h3-10H,1-2H3;3H2,1-2H3. The minimum absolute atomic E-state index is 1.25. The highest BCUT2D eigenvalue weighted by molar-refractivity contribution is 5.67. The van der Waals surface area contributed by atoms with Crippen LogP contribution in [0.3, 0.4) is 0 Å². The van der Waals surface area contributed by atoms with Gasteiger partial charge in [0, 0.05) is 0 Å². The maximum Gasteiger partial charge on any atom is -0.0155 e. The van der Waals surface area contributed by atoms with E-state index in [9.17, 15) is 0 Å². The second kappa shape index (κ2) is 6.90. The molecule has 0 atom stereocenters. The maximum atomic E-state index is 2.18. The van der Waals surface area contributed by atoms with Crippen molar-refractivity contribution in [2.24, 2.45) is 0 Å². The average molecular weight is 226 g/mol. The van der Waals surface area contributed by atoms with Crippen molar-refractivity contribution < 1.29 is 0 Å². The monoisotopic (exact) mass is 226 g/mol. The van der Waals surface area contributed by atoms with Gasteiger partial charge in [0.2, 0.25) is 0 Å². The third-order valence-corrected chi connectivity index (χ3v) is 2.51. The van der Waals surface area contributed by atoms with Crippen molar-refractivity contribution in [2.45, 2.75) is 34.1 Å². The van der Waals surface area contributed by atoms with Crippen molar-refractivity contribution in [3.8, 4) is 11.1 Å². The van der Waals surface area contributed by atoms with Gasteiger partial charge >= 0.3 is 0 Å². The zero-order valence-corrected chi connectivity index (χ0v) is 11.3. The topological polar surface area (TPSA) is 0 Å². The molecule has 2 rings (SSSR count). The minimum Gasteiger partial charge on any atom is -0.0656 e. The molecular weight excluding hydrogens is 204 g/mol. The Morgan fingerprint density at radius 1 is 0.765 bits per heavy atom. The Morgan fingerprint density at radius 3 is 1.82 bits per heavy atom. The van der Waals surface area contributed by atoms with Gasteiger partial charge in [-0.15, -0.1) is 0 Å². The summed E-state index contributed by atoms with van der Waals surface area (Å²) in [5.74, 6) is 0. The summed E-state index contributed by atoms with van der Waals surface area (Å²) < 4.78 is 0. The molecule has 0 unspecified atom stereocenters. The summed E-state index contributed by atoms with van der Waals surface area (Å²) in [7, 11) is 0. The van der Waals surface area contributed by atoms with Crippen LogP contribution in [0.2, 0.25) is 0 Å². The highest BCUT2D eigenvalue weighted by atomic mass is 14.0. The SMILES string of the molecule is CCC.Cc1ccc(-c2ccccc2C)cc1. The lowest BCUT2D eigenvalue weighted by Crippen LogP contribution is -1.82. The van der Waals surface area contributed by atoms with E-state index in [4.69, 9.17) is 0 Å². The van der Waals surface area contributed by atoms with Gasteiger partial charge < -0.3 is 0 Å². The van der Waals surface area contributed by atoms with E-state index in [1.807, 2.05) is 0 Å². The molecule has 0 fully saturated rings. The van der Waals surface area contributed by atoms with Gasteiger partial charge in [0.05, 0.1) is 0 Å². The number of aryl methyl sites for hydroxylation is 2. The molecule has 17 heavy (non-hydrogen) atoms. The van der Waals surface area contributed by atoms with Crippen LogP contribution in [0.1, 0.15) is 31.4 Å². The van der Waals surface area contributed by atoms with Crippen LogP contribution in [-0.4, -0.2) is 0 Å². The average Bonchev–Trinajstić information content (AvgIpc) is 2.32. The van der Waals surface area contributed by atoms with Crippen molar-refractivity contribution in [3.63, 3.8) is 0 Å². The third-order valence-electron chi connectivity index (χ3n) is 2.51. The third kappa shape index (κ3) is 4.07. The molecule has 0 spiro atoms. The van der Waals surface area contributed by atoms with Crippen LogP contribution in [-0.2, 0) is 0 Å². The number of benzene rings is 2. The summed E-state index contributed by atoms with van der Waals surface area (Å²) in [4.78, 5) is 0. The van der Waals surface area contributed by atoms with Gasteiger partial charge in [-0.3, -0.25) is 0 Å². The Kier molecular flexibility index (Phi) is 5.48. The van der Waals surface area contributed by atoms with Crippen molar-refractivity contribution in [1.29, 1.82) is 0 Å². The van der Waals surface area contributed by atoms with E-state index in [0.29, 0.717) is 0 Å². The zero-order chi connectivity index (χ0) is 12.7. The summed E-state index contributed by atoms with van der Waals surface area (Å²) in [6, 6.07) is 17.1. The Bertz CT molecular complexity index is 438. The molecule has 0 heteroatoms. The smallest absolute Gasteiger partial charge is 0.0155 e. The predicted molar refractivity (Wildman–Crippen MR) is 77.3 cm³/mol. The largest absolute Gasteiger partial charge is 0.0656 e. The fraction of sp³-hybridized carbons (Fsp3) is 0.294. The molecule has 0 saturated heterocycles. The maximum absolute atomic E-state index is 2.18. The van der Waals surface area contributed by atoms with Crippen molar-refractivity contribution in [3.05, 3.63) is 59.7 Å². The van der Waals surface area contributed by atoms with Gasteiger partial charge in [-0.1, -0.05) is 74.4 Å². The van der Waals surface area contributed by atoms with Crippen LogP contribution in [0, 0.1) is 13.8 Å². The van der Waals surface area contributed by atoms with Gasteiger partial charge in [0.1, 0.15) is 0 Å². The Labute approximate surface area is 105 Å². The highest BCUT2D eigenvalue weighted by Crippen LogP contribution is 2.22. The lowest BCUT2D eigenvalue weighted by molar-refractivity contribution is 1.09. The summed E-state index contributed by atoms with van der Waals surface area (Å²) in [5.41, 5.74) is 5.26. The lowest BCUT2D eigenvalue weighted by atomic mass is 10.00. The summed E-state index contributed by atoms with van der Waals surface area (Å²) in [6.45, 7) is 8.51. The van der Waals surface area contributed by atoms with E-state index in [1.165, 1.54) is 28.7 Å². The molecule has 2 aromatic rings. The van der Waals surface area contributed by atoms with Gasteiger partial charge in [-0.05, 0) is 30.5 Å².